The van der Waals surface area contributed by atoms with E-state index >= 15 is 0 Å². The Balaban J connectivity index is 2.11. The molecule has 0 aliphatic heterocycles. The number of carbonyl (C=O) groups excluding carboxylic acids is 2. The lowest BCUT2D eigenvalue weighted by molar-refractivity contribution is 0.0964. The zero-order valence-electron chi connectivity index (χ0n) is 14.7. The topological polar surface area (TPSA) is 147 Å². The molecule has 0 aliphatic carbocycles. The number of nitrogens with one attached hydrogen (secondary N) is 2. The minimum atomic E-state index is -1.15. The number of benzene rings is 1. The number of amides is 3. The highest BCUT2D eigenvalue weighted by molar-refractivity contribution is 7.11. The minimum absolute atomic E-state index is 0.0333. The number of nitrogens with zero attached hydrogens (tertiary/aromatic N) is 1. The van der Waals surface area contributed by atoms with Crippen molar-refractivity contribution in [3.8, 4) is 5.88 Å². The smallest absolute Gasteiger partial charge is 0.320 e. The molecule has 28 heavy (non-hydrogen) atoms. The molecule has 1 atom stereocenters. The zero-order valence-corrected chi connectivity index (χ0v) is 15.5. The number of aliphatic hydroxyl groups excluding tert-OH is 2. The van der Waals surface area contributed by atoms with E-state index in [0.29, 0.717) is 11.5 Å². The van der Waals surface area contributed by atoms with E-state index in [-0.39, 0.29) is 34.1 Å². The van der Waals surface area contributed by atoms with Gasteiger partial charge in [-0.05, 0) is 24.0 Å². The van der Waals surface area contributed by atoms with Gasteiger partial charge >= 0.3 is 6.03 Å². The molecule has 6 N–H and O–H groups in total. The number of rotatable bonds is 8. The van der Waals surface area contributed by atoms with Gasteiger partial charge in [0.2, 0.25) is 5.88 Å². The van der Waals surface area contributed by atoms with Crippen LogP contribution in [0.25, 0.3) is 0 Å². The predicted octanol–water partition coefficient (Wildman–Crippen LogP) is 0.882. The van der Waals surface area contributed by atoms with Crippen LogP contribution in [0.5, 0.6) is 5.88 Å². The number of urea groups is 1. The van der Waals surface area contributed by atoms with Gasteiger partial charge in [-0.3, -0.25) is 10.1 Å². The van der Waals surface area contributed by atoms with Crippen molar-refractivity contribution < 1.29 is 33.3 Å². The van der Waals surface area contributed by atoms with E-state index in [2.05, 4.69) is 15.0 Å². The summed E-state index contributed by atoms with van der Waals surface area (Å²) in [5, 5.41) is 22.5. The average Bonchev–Trinajstić information content (AvgIpc) is 3.06. The van der Waals surface area contributed by atoms with Gasteiger partial charge in [-0.15, -0.1) is 0 Å². The number of halogens is 2. The van der Waals surface area contributed by atoms with E-state index in [4.69, 9.17) is 15.6 Å². The first-order valence-electron chi connectivity index (χ1n) is 7.94. The molecule has 0 saturated heterocycles. The lowest BCUT2D eigenvalue weighted by atomic mass is 10.1. The lowest BCUT2D eigenvalue weighted by Crippen LogP contribution is -2.36. The molecule has 0 bridgehead atoms. The summed E-state index contributed by atoms with van der Waals surface area (Å²) in [6.45, 7) is 0.231. The third-order valence-electron chi connectivity index (χ3n) is 3.56. The Morgan fingerprint density at radius 3 is 2.71 bits per heavy atom. The van der Waals surface area contributed by atoms with Gasteiger partial charge in [0.05, 0.1) is 12.7 Å². The predicted molar refractivity (Wildman–Crippen MR) is 96.2 cm³/mol. The quantitative estimate of drug-likeness (QED) is 0.432. The molecule has 1 unspecified atom stereocenters. The van der Waals surface area contributed by atoms with Crippen molar-refractivity contribution in [1.29, 1.82) is 0 Å². The maximum atomic E-state index is 13.9. The summed E-state index contributed by atoms with van der Waals surface area (Å²) in [6.07, 6.45) is -1.15. The molecule has 2 rings (SSSR count). The van der Waals surface area contributed by atoms with Crippen LogP contribution in [0.1, 0.15) is 21.5 Å². The Hall–Kier alpha value is -2.83. The monoisotopic (exact) mass is 416 g/mol. The Labute approximate surface area is 162 Å². The average molecular weight is 416 g/mol. The Morgan fingerprint density at radius 1 is 1.36 bits per heavy atom. The SMILES string of the molecule is Cc1ccc(COc2nsc(NC(=O)NCC(O)CO)c2C(N)=O)c(F)c1F. The standard InChI is InChI=1S/C16H18F2N4O5S/c1-7-2-3-8(12(18)11(7)17)6-27-14-10(13(19)25)15(28-22-14)21-16(26)20-4-9(24)5-23/h2-3,9,23-24H,4-6H2,1H3,(H2,19,25)(H2,20,21,26). The van der Waals surface area contributed by atoms with E-state index < -0.39 is 42.9 Å². The molecular formula is C16H18F2N4O5S. The molecule has 1 heterocycles. The van der Waals surface area contributed by atoms with Crippen LogP contribution in [-0.2, 0) is 6.61 Å². The molecule has 12 heteroatoms. The van der Waals surface area contributed by atoms with Crippen molar-refractivity contribution in [3.63, 3.8) is 0 Å². The third-order valence-corrected chi connectivity index (χ3v) is 4.31. The number of aryl methyl sites for hydroxylation is 1. The fraction of sp³-hybridized carbons (Fsp3) is 0.312. The highest BCUT2D eigenvalue weighted by Crippen LogP contribution is 2.31. The van der Waals surface area contributed by atoms with Crippen molar-refractivity contribution in [2.75, 3.05) is 18.5 Å². The van der Waals surface area contributed by atoms with Crippen LogP contribution in [0.4, 0.5) is 18.6 Å². The van der Waals surface area contributed by atoms with Gasteiger partial charge in [0, 0.05) is 12.1 Å². The number of primary amides is 1. The van der Waals surface area contributed by atoms with Gasteiger partial charge in [0.25, 0.3) is 5.91 Å². The molecule has 0 saturated carbocycles. The highest BCUT2D eigenvalue weighted by Gasteiger charge is 2.23. The maximum Gasteiger partial charge on any atom is 0.320 e. The first-order valence-corrected chi connectivity index (χ1v) is 8.71. The van der Waals surface area contributed by atoms with Crippen LogP contribution in [0.3, 0.4) is 0 Å². The molecule has 0 fully saturated rings. The number of aromatic nitrogens is 1. The van der Waals surface area contributed by atoms with Gasteiger partial charge in [-0.2, -0.15) is 4.37 Å². The van der Waals surface area contributed by atoms with Crippen LogP contribution in [-0.4, -0.2) is 45.8 Å². The Bertz CT molecular complexity index is 877. The summed E-state index contributed by atoms with van der Waals surface area (Å²) in [6, 6.07) is 1.94. The fourth-order valence-electron chi connectivity index (χ4n) is 2.04. The maximum absolute atomic E-state index is 13.9. The molecule has 3 amide bonds. The number of anilines is 1. The summed E-state index contributed by atoms with van der Waals surface area (Å²) in [4.78, 5) is 23.5. The third kappa shape index (κ3) is 5.12. The lowest BCUT2D eigenvalue weighted by Gasteiger charge is -2.10. The van der Waals surface area contributed by atoms with Gasteiger partial charge in [0.15, 0.2) is 11.6 Å². The van der Waals surface area contributed by atoms with Crippen LogP contribution in [0.15, 0.2) is 12.1 Å². The van der Waals surface area contributed by atoms with E-state index in [1.807, 2.05) is 0 Å². The normalized spacial score (nSPS) is 11.8. The molecule has 1 aromatic carbocycles. The fourth-order valence-corrected chi connectivity index (χ4v) is 2.78. The number of nitrogens with two attached hydrogens (primary N) is 1. The second-order valence-corrected chi connectivity index (χ2v) is 6.46. The first kappa shape index (κ1) is 21.5. The number of hydrogen-bond donors (Lipinski definition) is 5. The van der Waals surface area contributed by atoms with Gasteiger partial charge in [-0.1, -0.05) is 12.1 Å². The van der Waals surface area contributed by atoms with Crippen molar-refractivity contribution in [2.45, 2.75) is 19.6 Å². The molecule has 0 aliphatic rings. The van der Waals surface area contributed by atoms with Gasteiger partial charge in [0.1, 0.15) is 17.2 Å². The van der Waals surface area contributed by atoms with Crippen LogP contribution >= 0.6 is 11.5 Å². The summed E-state index contributed by atoms with van der Waals surface area (Å²) in [5.74, 6) is -3.27. The number of ether oxygens (including phenoxy) is 1. The summed E-state index contributed by atoms with van der Waals surface area (Å²) >= 11 is 0.690. The number of hydrogen-bond acceptors (Lipinski definition) is 7. The number of aliphatic hydroxyl groups is 2. The second kappa shape index (κ2) is 9.39. The van der Waals surface area contributed by atoms with Gasteiger partial charge in [-0.25, -0.2) is 13.6 Å². The van der Waals surface area contributed by atoms with Crippen molar-refractivity contribution >= 4 is 28.5 Å². The molecule has 0 spiro atoms. The molecule has 2 aromatic rings. The second-order valence-electron chi connectivity index (χ2n) is 5.69. The van der Waals surface area contributed by atoms with Crippen LogP contribution in [0.2, 0.25) is 0 Å². The summed E-state index contributed by atoms with van der Waals surface area (Å²) < 4.78 is 36.7. The van der Waals surface area contributed by atoms with Crippen LogP contribution < -0.4 is 21.1 Å². The van der Waals surface area contributed by atoms with E-state index in [0.717, 1.165) is 0 Å². The molecular weight excluding hydrogens is 398 g/mol. The van der Waals surface area contributed by atoms with E-state index in [1.165, 1.54) is 19.1 Å². The van der Waals surface area contributed by atoms with Crippen molar-refractivity contribution in [1.82, 2.24) is 9.69 Å². The molecule has 152 valence electrons. The zero-order chi connectivity index (χ0) is 20.8. The molecule has 9 nitrogen and oxygen atoms in total. The molecule has 0 radical (unpaired) electrons. The Kier molecular flexibility index (Phi) is 7.20. The first-order chi connectivity index (χ1) is 13.2. The Morgan fingerprint density at radius 2 is 2.07 bits per heavy atom. The van der Waals surface area contributed by atoms with Gasteiger partial charge < -0.3 is 26.0 Å². The van der Waals surface area contributed by atoms with Crippen molar-refractivity contribution in [3.05, 3.63) is 40.5 Å². The van der Waals surface area contributed by atoms with Crippen LogP contribution in [0, 0.1) is 18.6 Å². The minimum Gasteiger partial charge on any atom is -0.471 e. The van der Waals surface area contributed by atoms with E-state index in [9.17, 15) is 23.5 Å². The van der Waals surface area contributed by atoms with Crippen molar-refractivity contribution in [2.24, 2.45) is 5.73 Å². The summed E-state index contributed by atoms with van der Waals surface area (Å²) in [7, 11) is 0. The van der Waals surface area contributed by atoms with E-state index in [1.54, 1.807) is 0 Å². The summed E-state index contributed by atoms with van der Waals surface area (Å²) in [5.41, 5.74) is 5.10. The number of carbonyl (C=O) groups is 2. The molecule has 1 aromatic heterocycles. The largest absolute Gasteiger partial charge is 0.471 e. The highest BCUT2D eigenvalue weighted by atomic mass is 32.1.